The van der Waals surface area contributed by atoms with Gasteiger partial charge in [-0.2, -0.15) is 0 Å². The highest BCUT2D eigenvalue weighted by molar-refractivity contribution is 5.93. The Hall–Kier alpha value is -2.11. The van der Waals surface area contributed by atoms with E-state index in [-0.39, 0.29) is 16.7 Å². The fourth-order valence-corrected chi connectivity index (χ4v) is 2.02. The topological polar surface area (TPSA) is 78.4 Å². The minimum Gasteiger partial charge on any atom is -0.478 e. The van der Waals surface area contributed by atoms with Crippen molar-refractivity contribution in [3.8, 4) is 0 Å². The molecule has 1 fully saturated rings. The number of carboxylic acids is 1. The Labute approximate surface area is 116 Å². The lowest BCUT2D eigenvalue weighted by Crippen LogP contribution is -2.34. The third kappa shape index (κ3) is 3.26. The average Bonchev–Trinajstić information content (AvgIpc) is 3.19. The second-order valence-electron chi connectivity index (χ2n) is 5.16. The van der Waals surface area contributed by atoms with Crippen LogP contribution in [0.3, 0.4) is 0 Å². The molecule has 5 nitrogen and oxygen atoms in total. The second kappa shape index (κ2) is 5.48. The van der Waals surface area contributed by atoms with Crippen LogP contribution in [-0.2, 0) is 0 Å². The van der Waals surface area contributed by atoms with Crippen LogP contribution in [0.1, 0.15) is 36.5 Å². The maximum atomic E-state index is 13.5. The van der Waals surface area contributed by atoms with Crippen molar-refractivity contribution in [3.05, 3.63) is 29.6 Å². The fraction of sp³-hybridized carbons (Fsp3) is 0.429. The van der Waals surface area contributed by atoms with Gasteiger partial charge in [-0.15, -0.1) is 0 Å². The largest absolute Gasteiger partial charge is 0.478 e. The van der Waals surface area contributed by atoms with Gasteiger partial charge in [-0.25, -0.2) is 14.0 Å². The second-order valence-corrected chi connectivity index (χ2v) is 5.16. The quantitative estimate of drug-likeness (QED) is 0.776. The number of hydrogen-bond donors (Lipinski definition) is 3. The Bertz CT molecular complexity index is 541. The summed E-state index contributed by atoms with van der Waals surface area (Å²) in [6, 6.07) is 2.75. The number of carboxylic acid groups (broad SMARTS) is 1. The number of halogens is 1. The third-order valence-corrected chi connectivity index (χ3v) is 3.79. The summed E-state index contributed by atoms with van der Waals surface area (Å²) in [5.74, 6) is -1.84. The summed E-state index contributed by atoms with van der Waals surface area (Å²) in [4.78, 5) is 22.5. The van der Waals surface area contributed by atoms with Gasteiger partial charge >= 0.3 is 12.0 Å². The summed E-state index contributed by atoms with van der Waals surface area (Å²) < 4.78 is 13.5. The first kappa shape index (κ1) is 14.3. The number of benzene rings is 1. The summed E-state index contributed by atoms with van der Waals surface area (Å²) in [5, 5.41) is 13.9. The van der Waals surface area contributed by atoms with E-state index < -0.39 is 17.8 Å². The number of nitrogens with one attached hydrogen (secondary N) is 2. The molecule has 0 radical (unpaired) electrons. The molecule has 0 spiro atoms. The Morgan fingerprint density at radius 2 is 2.10 bits per heavy atom. The average molecular weight is 280 g/mol. The molecule has 0 bridgehead atoms. The zero-order chi connectivity index (χ0) is 14.8. The van der Waals surface area contributed by atoms with E-state index in [1.54, 1.807) is 0 Å². The smallest absolute Gasteiger partial charge is 0.335 e. The minimum absolute atomic E-state index is 0.0751. The van der Waals surface area contributed by atoms with Crippen molar-refractivity contribution in [2.24, 2.45) is 5.41 Å². The molecular weight excluding hydrogens is 263 g/mol. The Kier molecular flexibility index (Phi) is 3.92. The Morgan fingerprint density at radius 3 is 2.65 bits per heavy atom. The van der Waals surface area contributed by atoms with Crippen LogP contribution in [0.25, 0.3) is 0 Å². The Balaban J connectivity index is 1.96. The van der Waals surface area contributed by atoms with Crippen molar-refractivity contribution in [3.63, 3.8) is 0 Å². The standard InChI is InChI=1S/C14H17FN2O3/c1-2-14(5-6-14)8-16-13(20)17-11-7-9(12(18)19)3-4-10(11)15/h3-4,7H,2,5-6,8H2,1H3,(H,18,19)(H2,16,17,20). The maximum Gasteiger partial charge on any atom is 0.335 e. The minimum atomic E-state index is -1.17. The predicted octanol–water partition coefficient (Wildman–Crippen LogP) is 2.84. The van der Waals surface area contributed by atoms with Gasteiger partial charge in [0.25, 0.3) is 0 Å². The molecule has 0 aliphatic heterocycles. The van der Waals surface area contributed by atoms with E-state index in [1.165, 1.54) is 0 Å². The predicted molar refractivity (Wildman–Crippen MR) is 72.3 cm³/mol. The Morgan fingerprint density at radius 1 is 1.40 bits per heavy atom. The summed E-state index contributed by atoms with van der Waals surface area (Å²) in [6.45, 7) is 2.62. The van der Waals surface area contributed by atoms with Gasteiger partial charge in [-0.05, 0) is 42.9 Å². The number of anilines is 1. The van der Waals surface area contributed by atoms with Gasteiger partial charge in [0, 0.05) is 6.54 Å². The molecule has 0 unspecified atom stereocenters. The number of carbonyl (C=O) groups is 2. The summed E-state index contributed by atoms with van der Waals surface area (Å²) in [7, 11) is 0. The molecule has 1 aromatic carbocycles. The zero-order valence-electron chi connectivity index (χ0n) is 11.2. The molecule has 6 heteroatoms. The summed E-state index contributed by atoms with van der Waals surface area (Å²) in [6.07, 6.45) is 3.18. The van der Waals surface area contributed by atoms with Crippen LogP contribution in [0.5, 0.6) is 0 Å². The first-order valence-electron chi connectivity index (χ1n) is 6.53. The van der Waals surface area contributed by atoms with E-state index in [4.69, 9.17) is 5.11 Å². The van der Waals surface area contributed by atoms with E-state index in [0.29, 0.717) is 6.54 Å². The highest BCUT2D eigenvalue weighted by atomic mass is 19.1. The van der Waals surface area contributed by atoms with Crippen LogP contribution < -0.4 is 10.6 Å². The molecule has 3 N–H and O–H groups in total. The van der Waals surface area contributed by atoms with Crippen molar-refractivity contribution in [2.75, 3.05) is 11.9 Å². The number of amides is 2. The van der Waals surface area contributed by atoms with Crippen molar-refractivity contribution >= 4 is 17.7 Å². The zero-order valence-corrected chi connectivity index (χ0v) is 11.2. The SMILES string of the molecule is CCC1(CNC(=O)Nc2cc(C(=O)O)ccc2F)CC1. The van der Waals surface area contributed by atoms with E-state index in [0.717, 1.165) is 37.5 Å². The molecule has 2 rings (SSSR count). The van der Waals surface area contributed by atoms with Gasteiger partial charge in [0.15, 0.2) is 0 Å². The van der Waals surface area contributed by atoms with Crippen LogP contribution >= 0.6 is 0 Å². The molecule has 1 aromatic rings. The van der Waals surface area contributed by atoms with Gasteiger partial charge in [-0.3, -0.25) is 0 Å². The fourth-order valence-electron chi connectivity index (χ4n) is 2.02. The molecule has 0 aromatic heterocycles. The van der Waals surface area contributed by atoms with Crippen molar-refractivity contribution in [1.29, 1.82) is 0 Å². The van der Waals surface area contributed by atoms with Crippen LogP contribution in [0.4, 0.5) is 14.9 Å². The molecule has 2 amide bonds. The van der Waals surface area contributed by atoms with E-state index in [9.17, 15) is 14.0 Å². The first-order chi connectivity index (χ1) is 9.46. The van der Waals surface area contributed by atoms with Crippen LogP contribution in [0, 0.1) is 11.2 Å². The number of aromatic carboxylic acids is 1. The lowest BCUT2D eigenvalue weighted by atomic mass is 10.0. The molecule has 1 aliphatic carbocycles. The highest BCUT2D eigenvalue weighted by Gasteiger charge is 2.40. The summed E-state index contributed by atoms with van der Waals surface area (Å²) >= 11 is 0. The highest BCUT2D eigenvalue weighted by Crippen LogP contribution is 2.47. The molecule has 0 heterocycles. The van der Waals surface area contributed by atoms with Crippen molar-refractivity contribution in [2.45, 2.75) is 26.2 Å². The number of urea groups is 1. The van der Waals surface area contributed by atoms with Crippen LogP contribution in [0.2, 0.25) is 0 Å². The molecule has 0 atom stereocenters. The van der Waals surface area contributed by atoms with E-state index >= 15 is 0 Å². The third-order valence-electron chi connectivity index (χ3n) is 3.79. The monoisotopic (exact) mass is 280 g/mol. The van der Waals surface area contributed by atoms with Gasteiger partial charge in [-0.1, -0.05) is 6.92 Å². The van der Waals surface area contributed by atoms with Crippen LogP contribution in [0.15, 0.2) is 18.2 Å². The van der Waals surface area contributed by atoms with Crippen molar-refractivity contribution < 1.29 is 19.1 Å². The van der Waals surface area contributed by atoms with Gasteiger partial charge in [0.1, 0.15) is 5.82 Å². The number of rotatable bonds is 5. The van der Waals surface area contributed by atoms with Crippen LogP contribution in [-0.4, -0.2) is 23.7 Å². The summed E-state index contributed by atoms with van der Waals surface area (Å²) in [5.41, 5.74) is -0.0172. The molecular formula is C14H17FN2O3. The number of hydrogen-bond acceptors (Lipinski definition) is 2. The van der Waals surface area contributed by atoms with Crippen molar-refractivity contribution in [1.82, 2.24) is 5.32 Å². The molecule has 1 aliphatic rings. The van der Waals surface area contributed by atoms with Gasteiger partial charge < -0.3 is 15.7 Å². The molecule has 108 valence electrons. The molecule has 1 saturated carbocycles. The lowest BCUT2D eigenvalue weighted by molar-refractivity contribution is 0.0697. The van der Waals surface area contributed by atoms with E-state index in [2.05, 4.69) is 17.6 Å². The van der Waals surface area contributed by atoms with Gasteiger partial charge in [0.2, 0.25) is 0 Å². The van der Waals surface area contributed by atoms with Gasteiger partial charge in [0.05, 0.1) is 11.3 Å². The normalized spacial score (nSPS) is 15.5. The molecule has 20 heavy (non-hydrogen) atoms. The lowest BCUT2D eigenvalue weighted by Gasteiger charge is -2.14. The van der Waals surface area contributed by atoms with E-state index in [1.807, 2.05) is 0 Å². The first-order valence-corrected chi connectivity index (χ1v) is 6.53. The molecule has 0 saturated heterocycles. The maximum absolute atomic E-state index is 13.5. The number of carbonyl (C=O) groups excluding carboxylic acids is 1.